The van der Waals surface area contributed by atoms with Crippen LogP contribution >= 0.6 is 11.3 Å². The highest BCUT2D eigenvalue weighted by Gasteiger charge is 2.11. The molecule has 0 aliphatic carbocycles. The molecule has 1 heterocycles. The monoisotopic (exact) mass is 263 g/mol. The topological polar surface area (TPSA) is 42.4 Å². The zero-order valence-corrected chi connectivity index (χ0v) is 11.2. The van der Waals surface area contributed by atoms with Gasteiger partial charge in [0.05, 0.1) is 12.1 Å². The Labute approximate surface area is 111 Å². The third-order valence-corrected chi connectivity index (χ3v) is 3.67. The Morgan fingerprint density at radius 3 is 2.94 bits per heavy atom. The first-order valence-corrected chi connectivity index (χ1v) is 6.82. The minimum atomic E-state index is 0.177. The molecule has 0 spiro atoms. The number of hydrogen-bond acceptors (Lipinski definition) is 4. The maximum atomic E-state index is 9.46. The molecular weight excluding hydrogens is 246 g/mol. The fourth-order valence-electron chi connectivity index (χ4n) is 1.93. The van der Waals surface area contributed by atoms with Crippen LogP contribution in [-0.2, 0) is 12.8 Å². The van der Waals surface area contributed by atoms with E-state index in [1.54, 1.807) is 24.6 Å². The van der Waals surface area contributed by atoms with E-state index in [1.807, 2.05) is 23.6 Å². The number of benzene rings is 1. The normalized spacial score (nSPS) is 12.3. The van der Waals surface area contributed by atoms with Gasteiger partial charge in [-0.2, -0.15) is 0 Å². The maximum Gasteiger partial charge on any atom is 0.119 e. The summed E-state index contributed by atoms with van der Waals surface area (Å²) in [5, 5.41) is 12.5. The van der Waals surface area contributed by atoms with Gasteiger partial charge in [0.1, 0.15) is 5.75 Å². The maximum absolute atomic E-state index is 9.46. The summed E-state index contributed by atoms with van der Waals surface area (Å²) < 4.78 is 5.20. The van der Waals surface area contributed by atoms with Crippen LogP contribution in [0.25, 0.3) is 0 Å². The Kier molecular flexibility index (Phi) is 4.73. The van der Waals surface area contributed by atoms with Crippen molar-refractivity contribution in [2.75, 3.05) is 13.7 Å². The summed E-state index contributed by atoms with van der Waals surface area (Å²) in [5.41, 5.74) is 1.19. The lowest BCUT2D eigenvalue weighted by molar-refractivity contribution is 0.225. The van der Waals surface area contributed by atoms with Crippen molar-refractivity contribution in [3.05, 3.63) is 46.4 Å². The predicted octanol–water partition coefficient (Wildman–Crippen LogP) is 2.55. The molecule has 0 fully saturated rings. The standard InChI is InChI=1S/C14H17NO2S/c1-17-13-4-2-3-11(8-13)7-12(10-16)9-14-15-5-6-18-14/h2-6,8,12,16H,7,9-10H2,1H3. The number of rotatable bonds is 6. The Balaban J connectivity index is 2.00. The van der Waals surface area contributed by atoms with Gasteiger partial charge in [-0.1, -0.05) is 12.1 Å². The summed E-state index contributed by atoms with van der Waals surface area (Å²) in [7, 11) is 1.66. The molecule has 4 heteroatoms. The van der Waals surface area contributed by atoms with Gasteiger partial charge in [0.15, 0.2) is 0 Å². The van der Waals surface area contributed by atoms with Crippen molar-refractivity contribution in [3.8, 4) is 5.75 Å². The van der Waals surface area contributed by atoms with Crippen molar-refractivity contribution in [3.63, 3.8) is 0 Å². The molecule has 2 aromatic rings. The zero-order chi connectivity index (χ0) is 12.8. The Morgan fingerprint density at radius 1 is 1.39 bits per heavy atom. The highest BCUT2D eigenvalue weighted by molar-refractivity contribution is 7.09. The number of thiazole rings is 1. The van der Waals surface area contributed by atoms with E-state index in [2.05, 4.69) is 11.1 Å². The number of aromatic nitrogens is 1. The zero-order valence-electron chi connectivity index (χ0n) is 10.4. The van der Waals surface area contributed by atoms with Gasteiger partial charge in [0.25, 0.3) is 0 Å². The van der Waals surface area contributed by atoms with Crippen LogP contribution in [0.5, 0.6) is 5.75 Å². The highest BCUT2D eigenvalue weighted by atomic mass is 32.1. The van der Waals surface area contributed by atoms with Crippen molar-refractivity contribution in [2.24, 2.45) is 5.92 Å². The third-order valence-electron chi connectivity index (χ3n) is 2.86. The molecule has 0 aliphatic heterocycles. The molecule has 1 N–H and O–H groups in total. The van der Waals surface area contributed by atoms with Gasteiger partial charge in [-0.05, 0) is 30.0 Å². The summed E-state index contributed by atoms with van der Waals surface area (Å²) in [4.78, 5) is 4.26. The average Bonchev–Trinajstić information content (AvgIpc) is 2.91. The molecule has 0 bridgehead atoms. The molecular formula is C14H17NO2S. The average molecular weight is 263 g/mol. The van der Waals surface area contributed by atoms with Crippen molar-refractivity contribution < 1.29 is 9.84 Å². The number of hydrogen-bond donors (Lipinski definition) is 1. The van der Waals surface area contributed by atoms with Crippen LogP contribution in [0, 0.1) is 5.92 Å². The van der Waals surface area contributed by atoms with Gasteiger partial charge < -0.3 is 9.84 Å². The van der Waals surface area contributed by atoms with Crippen LogP contribution in [0.15, 0.2) is 35.8 Å². The molecule has 96 valence electrons. The van der Waals surface area contributed by atoms with Crippen molar-refractivity contribution >= 4 is 11.3 Å². The lowest BCUT2D eigenvalue weighted by atomic mass is 9.97. The van der Waals surface area contributed by atoms with Gasteiger partial charge in [-0.3, -0.25) is 0 Å². The summed E-state index contributed by atoms with van der Waals surface area (Å²) >= 11 is 1.64. The largest absolute Gasteiger partial charge is 0.497 e. The summed E-state index contributed by atoms with van der Waals surface area (Å²) in [6, 6.07) is 7.99. The van der Waals surface area contributed by atoms with Gasteiger partial charge >= 0.3 is 0 Å². The number of nitrogens with zero attached hydrogens (tertiary/aromatic N) is 1. The first-order chi connectivity index (χ1) is 8.81. The molecule has 18 heavy (non-hydrogen) atoms. The van der Waals surface area contributed by atoms with E-state index < -0.39 is 0 Å². The summed E-state index contributed by atoms with van der Waals surface area (Å²) in [6.07, 6.45) is 3.47. The molecule has 1 unspecified atom stereocenters. The molecule has 1 aromatic heterocycles. The molecule has 0 aliphatic rings. The fraction of sp³-hybridized carbons (Fsp3) is 0.357. The van der Waals surface area contributed by atoms with E-state index in [4.69, 9.17) is 4.74 Å². The van der Waals surface area contributed by atoms with Crippen LogP contribution in [0.3, 0.4) is 0 Å². The number of methoxy groups -OCH3 is 1. The lowest BCUT2D eigenvalue weighted by Gasteiger charge is -2.13. The molecule has 0 saturated heterocycles. The number of aliphatic hydroxyl groups is 1. The van der Waals surface area contributed by atoms with Crippen LogP contribution in [0.1, 0.15) is 10.6 Å². The predicted molar refractivity (Wildman–Crippen MR) is 73.1 cm³/mol. The van der Waals surface area contributed by atoms with Crippen molar-refractivity contribution in [1.82, 2.24) is 4.98 Å². The molecule has 2 rings (SSSR count). The van der Waals surface area contributed by atoms with Crippen molar-refractivity contribution in [1.29, 1.82) is 0 Å². The van der Waals surface area contributed by atoms with Crippen molar-refractivity contribution in [2.45, 2.75) is 12.8 Å². The second-order valence-corrected chi connectivity index (χ2v) is 5.21. The molecule has 0 amide bonds. The lowest BCUT2D eigenvalue weighted by Crippen LogP contribution is -2.12. The Bertz CT molecular complexity index is 470. The molecule has 1 atom stereocenters. The van der Waals surface area contributed by atoms with Crippen LogP contribution in [0.2, 0.25) is 0 Å². The second-order valence-electron chi connectivity index (χ2n) is 4.23. The van der Waals surface area contributed by atoms with E-state index in [0.29, 0.717) is 0 Å². The fourth-order valence-corrected chi connectivity index (χ4v) is 2.67. The number of aliphatic hydroxyl groups excluding tert-OH is 1. The minimum absolute atomic E-state index is 0.177. The molecule has 0 saturated carbocycles. The number of ether oxygens (including phenoxy) is 1. The highest BCUT2D eigenvalue weighted by Crippen LogP contribution is 2.19. The van der Waals surface area contributed by atoms with Crippen LogP contribution in [-0.4, -0.2) is 23.8 Å². The molecule has 0 radical (unpaired) electrons. The van der Waals surface area contributed by atoms with Gasteiger partial charge in [-0.15, -0.1) is 11.3 Å². The van der Waals surface area contributed by atoms with Gasteiger partial charge in [0, 0.05) is 24.6 Å². The van der Waals surface area contributed by atoms with E-state index in [1.165, 1.54) is 5.56 Å². The molecule has 3 nitrogen and oxygen atoms in total. The smallest absolute Gasteiger partial charge is 0.119 e. The van der Waals surface area contributed by atoms with E-state index in [0.717, 1.165) is 23.6 Å². The van der Waals surface area contributed by atoms with E-state index in [9.17, 15) is 5.11 Å². The van der Waals surface area contributed by atoms with Crippen LogP contribution in [0.4, 0.5) is 0 Å². The van der Waals surface area contributed by atoms with E-state index in [-0.39, 0.29) is 12.5 Å². The first kappa shape index (κ1) is 13.1. The third kappa shape index (κ3) is 3.55. The first-order valence-electron chi connectivity index (χ1n) is 5.94. The molecule has 1 aromatic carbocycles. The quantitative estimate of drug-likeness (QED) is 0.871. The Morgan fingerprint density at radius 2 is 2.28 bits per heavy atom. The minimum Gasteiger partial charge on any atom is -0.497 e. The SMILES string of the molecule is COc1cccc(CC(CO)Cc2nccs2)c1. The summed E-state index contributed by atoms with van der Waals surface area (Å²) in [6.45, 7) is 0.177. The van der Waals surface area contributed by atoms with Crippen LogP contribution < -0.4 is 4.74 Å². The van der Waals surface area contributed by atoms with Gasteiger partial charge in [0.2, 0.25) is 0 Å². The van der Waals surface area contributed by atoms with E-state index >= 15 is 0 Å². The van der Waals surface area contributed by atoms with Gasteiger partial charge in [-0.25, -0.2) is 4.98 Å². The summed E-state index contributed by atoms with van der Waals surface area (Å²) in [5.74, 6) is 1.07. The second kappa shape index (κ2) is 6.52. The Hall–Kier alpha value is -1.39.